The molecule has 0 aliphatic carbocycles. The molecule has 1 heterocycles. The Kier molecular flexibility index (Phi) is 1.81. The summed E-state index contributed by atoms with van der Waals surface area (Å²) in [6.45, 7) is 0. The highest BCUT2D eigenvalue weighted by molar-refractivity contribution is 6.33. The Morgan fingerprint density at radius 1 is 1.46 bits per heavy atom. The number of benzene rings is 1. The van der Waals surface area contributed by atoms with E-state index in [1.54, 1.807) is 18.2 Å². The summed E-state index contributed by atoms with van der Waals surface area (Å²) in [6.07, 6.45) is 0.604. The Morgan fingerprint density at radius 2 is 2.23 bits per heavy atom. The van der Waals surface area contributed by atoms with Crippen LogP contribution in [0.4, 0.5) is 5.69 Å². The largest absolute Gasteiger partial charge is 0.325 e. The molecule has 0 radical (unpaired) electrons. The maximum atomic E-state index is 11.2. The molecule has 1 aliphatic rings. The number of rotatable bonds is 1. The average molecular weight is 196 g/mol. The van der Waals surface area contributed by atoms with E-state index in [-0.39, 0.29) is 5.91 Å². The Balaban J connectivity index is 2.62. The normalized spacial score (nSPS) is 19.5. The lowest BCUT2D eigenvalue weighted by Crippen LogP contribution is -2.12. The quantitative estimate of drug-likeness (QED) is 0.546. The van der Waals surface area contributed by atoms with Gasteiger partial charge in [0, 0.05) is 16.3 Å². The van der Waals surface area contributed by atoms with Crippen LogP contribution in [0.5, 0.6) is 0 Å². The highest BCUT2D eigenvalue weighted by Gasteiger charge is 2.31. The van der Waals surface area contributed by atoms with Crippen LogP contribution in [-0.4, -0.2) is 12.2 Å². The molecule has 4 heteroatoms. The van der Waals surface area contributed by atoms with Gasteiger partial charge in [0.15, 0.2) is 0 Å². The zero-order chi connectivity index (χ0) is 9.42. The molecule has 3 nitrogen and oxygen atoms in total. The van der Waals surface area contributed by atoms with Crippen molar-refractivity contribution in [2.45, 2.75) is 5.92 Å². The van der Waals surface area contributed by atoms with Gasteiger partial charge in [0.25, 0.3) is 0 Å². The molecular formula is C9H6ClNO2. The number of amides is 1. The molecule has 1 aromatic rings. The van der Waals surface area contributed by atoms with E-state index in [9.17, 15) is 9.59 Å². The standard InChI is InChI=1S/C9H6ClNO2/c10-6-2-1-3-7-8(6)5(4-12)9(13)11-7/h1-5H,(H,11,13)/t5-/m0/s1. The molecule has 0 saturated heterocycles. The summed E-state index contributed by atoms with van der Waals surface area (Å²) < 4.78 is 0. The fourth-order valence-electron chi connectivity index (χ4n) is 1.43. The van der Waals surface area contributed by atoms with Crippen molar-refractivity contribution >= 4 is 29.5 Å². The van der Waals surface area contributed by atoms with Gasteiger partial charge >= 0.3 is 0 Å². The van der Waals surface area contributed by atoms with Gasteiger partial charge in [-0.05, 0) is 12.1 Å². The van der Waals surface area contributed by atoms with Gasteiger partial charge in [-0.25, -0.2) is 0 Å². The molecule has 0 aromatic heterocycles. The minimum atomic E-state index is -0.747. The van der Waals surface area contributed by atoms with Gasteiger partial charge in [-0.1, -0.05) is 17.7 Å². The average Bonchev–Trinajstić information content (AvgIpc) is 2.42. The minimum Gasteiger partial charge on any atom is -0.325 e. The second-order valence-electron chi connectivity index (χ2n) is 2.80. The van der Waals surface area contributed by atoms with Crippen LogP contribution in [0.3, 0.4) is 0 Å². The van der Waals surface area contributed by atoms with Crippen molar-refractivity contribution in [2.75, 3.05) is 5.32 Å². The van der Waals surface area contributed by atoms with Crippen LogP contribution in [0, 0.1) is 0 Å². The first-order chi connectivity index (χ1) is 6.24. The summed E-state index contributed by atoms with van der Waals surface area (Å²) >= 11 is 5.86. The molecule has 2 rings (SSSR count). The molecule has 1 aromatic carbocycles. The molecule has 0 unspecified atom stereocenters. The molecule has 66 valence electrons. The van der Waals surface area contributed by atoms with Crippen LogP contribution in [0.1, 0.15) is 11.5 Å². The Bertz CT molecular complexity index is 389. The zero-order valence-electron chi connectivity index (χ0n) is 6.58. The third-order valence-electron chi connectivity index (χ3n) is 2.04. The SMILES string of the molecule is O=C[C@@H]1C(=O)Nc2cccc(Cl)c21. The molecule has 0 fully saturated rings. The van der Waals surface area contributed by atoms with Crippen molar-refractivity contribution in [1.29, 1.82) is 0 Å². The summed E-state index contributed by atoms with van der Waals surface area (Å²) in [7, 11) is 0. The van der Waals surface area contributed by atoms with Crippen molar-refractivity contribution in [3.8, 4) is 0 Å². The highest BCUT2D eigenvalue weighted by atomic mass is 35.5. The first-order valence-electron chi connectivity index (χ1n) is 3.78. The van der Waals surface area contributed by atoms with Gasteiger partial charge in [0.2, 0.25) is 5.91 Å². The number of carbonyl (C=O) groups is 2. The van der Waals surface area contributed by atoms with E-state index in [0.717, 1.165) is 0 Å². The van der Waals surface area contributed by atoms with Crippen LogP contribution >= 0.6 is 11.6 Å². The molecule has 0 saturated carbocycles. The van der Waals surface area contributed by atoms with Gasteiger partial charge < -0.3 is 10.1 Å². The molecule has 1 atom stereocenters. The van der Waals surface area contributed by atoms with Gasteiger partial charge in [-0.15, -0.1) is 0 Å². The molecule has 1 N–H and O–H groups in total. The fourth-order valence-corrected chi connectivity index (χ4v) is 1.73. The van der Waals surface area contributed by atoms with Gasteiger partial charge in [0.05, 0.1) is 0 Å². The van der Waals surface area contributed by atoms with E-state index in [4.69, 9.17) is 11.6 Å². The van der Waals surface area contributed by atoms with Crippen LogP contribution in [0.15, 0.2) is 18.2 Å². The third-order valence-corrected chi connectivity index (χ3v) is 2.37. The lowest BCUT2D eigenvalue weighted by molar-refractivity contribution is -0.121. The van der Waals surface area contributed by atoms with Crippen LogP contribution in [0.2, 0.25) is 5.02 Å². The van der Waals surface area contributed by atoms with E-state index < -0.39 is 5.92 Å². The topological polar surface area (TPSA) is 46.2 Å². The Hall–Kier alpha value is -1.35. The molecule has 1 amide bonds. The van der Waals surface area contributed by atoms with Gasteiger partial charge in [-0.2, -0.15) is 0 Å². The van der Waals surface area contributed by atoms with E-state index >= 15 is 0 Å². The number of hydrogen-bond acceptors (Lipinski definition) is 2. The summed E-state index contributed by atoms with van der Waals surface area (Å²) in [5.41, 5.74) is 1.22. The molecule has 1 aliphatic heterocycles. The van der Waals surface area contributed by atoms with Crippen LogP contribution in [0.25, 0.3) is 0 Å². The summed E-state index contributed by atoms with van der Waals surface area (Å²) in [5, 5.41) is 3.04. The van der Waals surface area contributed by atoms with E-state index in [1.807, 2.05) is 0 Å². The van der Waals surface area contributed by atoms with Crippen molar-refractivity contribution in [2.24, 2.45) is 0 Å². The molecular weight excluding hydrogens is 190 g/mol. The number of halogens is 1. The van der Waals surface area contributed by atoms with Crippen molar-refractivity contribution in [1.82, 2.24) is 0 Å². The zero-order valence-corrected chi connectivity index (χ0v) is 7.34. The van der Waals surface area contributed by atoms with Crippen molar-refractivity contribution in [3.05, 3.63) is 28.8 Å². The number of anilines is 1. The van der Waals surface area contributed by atoms with E-state index in [1.165, 1.54) is 0 Å². The van der Waals surface area contributed by atoms with Crippen LogP contribution < -0.4 is 5.32 Å². The summed E-state index contributed by atoms with van der Waals surface area (Å²) in [6, 6.07) is 5.12. The van der Waals surface area contributed by atoms with Crippen molar-refractivity contribution in [3.63, 3.8) is 0 Å². The second kappa shape index (κ2) is 2.85. The predicted octanol–water partition coefficient (Wildman–Crippen LogP) is 1.57. The molecule has 0 bridgehead atoms. The molecule has 0 spiro atoms. The smallest absolute Gasteiger partial charge is 0.239 e. The fraction of sp³-hybridized carbons (Fsp3) is 0.111. The number of carbonyl (C=O) groups excluding carboxylic acids is 2. The number of aldehydes is 1. The summed E-state index contributed by atoms with van der Waals surface area (Å²) in [4.78, 5) is 21.8. The first-order valence-corrected chi connectivity index (χ1v) is 4.16. The van der Waals surface area contributed by atoms with Crippen molar-refractivity contribution < 1.29 is 9.59 Å². The Morgan fingerprint density at radius 3 is 2.92 bits per heavy atom. The van der Waals surface area contributed by atoms with Gasteiger partial charge in [0.1, 0.15) is 12.2 Å². The number of nitrogens with one attached hydrogen (secondary N) is 1. The predicted molar refractivity (Wildman–Crippen MR) is 48.9 cm³/mol. The van der Waals surface area contributed by atoms with E-state index in [0.29, 0.717) is 22.6 Å². The monoisotopic (exact) mass is 195 g/mol. The lowest BCUT2D eigenvalue weighted by atomic mass is 10.0. The minimum absolute atomic E-state index is 0.307. The summed E-state index contributed by atoms with van der Waals surface area (Å²) in [5.74, 6) is -1.05. The highest BCUT2D eigenvalue weighted by Crippen LogP contribution is 2.36. The van der Waals surface area contributed by atoms with Gasteiger partial charge in [-0.3, -0.25) is 4.79 Å². The van der Waals surface area contributed by atoms with E-state index in [2.05, 4.69) is 5.32 Å². The number of fused-ring (bicyclic) bond motifs is 1. The van der Waals surface area contributed by atoms with Crippen LogP contribution in [-0.2, 0) is 9.59 Å². The molecule has 13 heavy (non-hydrogen) atoms. The Labute approximate surface area is 79.7 Å². The first kappa shape index (κ1) is 8.26. The third kappa shape index (κ3) is 1.12. The maximum Gasteiger partial charge on any atom is 0.239 e. The lowest BCUT2D eigenvalue weighted by Gasteiger charge is -2.01. The number of hydrogen-bond donors (Lipinski definition) is 1. The second-order valence-corrected chi connectivity index (χ2v) is 3.21. The maximum absolute atomic E-state index is 11.2.